The van der Waals surface area contributed by atoms with Crippen LogP contribution in [0.3, 0.4) is 0 Å². The van der Waals surface area contributed by atoms with E-state index in [4.69, 9.17) is 4.42 Å². The molecule has 3 N–H and O–H groups in total. The summed E-state index contributed by atoms with van der Waals surface area (Å²) in [6.45, 7) is 4.76. The smallest absolute Gasteiger partial charge is 0.135 e. The number of aromatic amines is 1. The monoisotopic (exact) mass is 475 g/mol. The molecule has 5 aromatic rings. The van der Waals surface area contributed by atoms with Crippen LogP contribution in [-0.2, 0) is 0 Å². The van der Waals surface area contributed by atoms with E-state index in [1.807, 2.05) is 6.07 Å². The third-order valence-electron chi connectivity index (χ3n) is 6.63. The Balaban J connectivity index is 1.27. The maximum atomic E-state index is 6.22. The van der Waals surface area contributed by atoms with Gasteiger partial charge in [0.05, 0.1) is 0 Å². The number of benzene rings is 3. The lowest BCUT2D eigenvalue weighted by atomic mass is 10.1. The number of aromatic nitrogens is 1. The normalized spacial score (nSPS) is 14.2. The first-order valence-electron chi connectivity index (χ1n) is 12.5. The lowest BCUT2D eigenvalue weighted by Gasteiger charge is -2.14. The first-order chi connectivity index (χ1) is 17.7. The summed E-state index contributed by atoms with van der Waals surface area (Å²) in [5, 5.41) is 8.97. The van der Waals surface area contributed by atoms with Gasteiger partial charge in [-0.15, -0.1) is 0 Å². The molecule has 3 heterocycles. The average molecular weight is 476 g/mol. The van der Waals surface area contributed by atoms with E-state index in [1.54, 1.807) is 7.05 Å². The molecule has 0 unspecified atom stereocenters. The molecule has 2 aromatic heterocycles. The molecule has 0 bridgehead atoms. The van der Waals surface area contributed by atoms with E-state index in [2.05, 4.69) is 99.3 Å². The van der Waals surface area contributed by atoms with Crippen LogP contribution in [0.2, 0.25) is 0 Å². The van der Waals surface area contributed by atoms with E-state index in [0.29, 0.717) is 0 Å². The van der Waals surface area contributed by atoms with Gasteiger partial charge in [-0.25, -0.2) is 0 Å². The zero-order chi connectivity index (χ0) is 24.5. The molecule has 6 rings (SSSR count). The molecule has 6 nitrogen and oxygen atoms in total. The highest BCUT2D eigenvalue weighted by Gasteiger charge is 2.12. The van der Waals surface area contributed by atoms with Crippen LogP contribution in [0.5, 0.6) is 0 Å². The summed E-state index contributed by atoms with van der Waals surface area (Å²) in [4.78, 5) is 12.6. The predicted molar refractivity (Wildman–Crippen MR) is 149 cm³/mol. The number of amidine groups is 2. The van der Waals surface area contributed by atoms with Crippen molar-refractivity contribution in [1.82, 2.24) is 15.6 Å². The van der Waals surface area contributed by atoms with E-state index >= 15 is 0 Å². The van der Waals surface area contributed by atoms with E-state index < -0.39 is 0 Å². The van der Waals surface area contributed by atoms with Crippen molar-refractivity contribution in [2.24, 2.45) is 9.98 Å². The zero-order valence-electron chi connectivity index (χ0n) is 20.6. The second-order valence-corrected chi connectivity index (χ2v) is 9.04. The van der Waals surface area contributed by atoms with Crippen molar-refractivity contribution in [2.75, 3.05) is 26.7 Å². The van der Waals surface area contributed by atoms with Crippen molar-refractivity contribution < 1.29 is 4.42 Å². The fourth-order valence-corrected chi connectivity index (χ4v) is 4.77. The Morgan fingerprint density at radius 1 is 0.944 bits per heavy atom. The quantitative estimate of drug-likeness (QED) is 0.216. The van der Waals surface area contributed by atoms with Gasteiger partial charge < -0.3 is 20.0 Å². The first kappa shape index (κ1) is 22.2. The Hall–Kier alpha value is -4.32. The first-order valence-corrected chi connectivity index (χ1v) is 12.5. The third-order valence-corrected chi connectivity index (χ3v) is 6.63. The second-order valence-electron chi connectivity index (χ2n) is 9.04. The van der Waals surface area contributed by atoms with Gasteiger partial charge in [0.1, 0.15) is 23.0 Å². The van der Waals surface area contributed by atoms with Crippen LogP contribution in [0, 0.1) is 0 Å². The summed E-state index contributed by atoms with van der Waals surface area (Å²) in [6, 6.07) is 25.5. The minimum atomic E-state index is 0.824. The average Bonchev–Trinajstić information content (AvgIpc) is 3.56. The van der Waals surface area contributed by atoms with E-state index in [1.165, 1.54) is 5.39 Å². The predicted octanol–water partition coefficient (Wildman–Crippen LogP) is 5.97. The fourth-order valence-electron chi connectivity index (χ4n) is 4.77. The van der Waals surface area contributed by atoms with E-state index in [-0.39, 0.29) is 0 Å². The van der Waals surface area contributed by atoms with Crippen molar-refractivity contribution in [3.8, 4) is 22.6 Å². The van der Waals surface area contributed by atoms with Gasteiger partial charge in [0.25, 0.3) is 0 Å². The topological polar surface area (TPSA) is 77.7 Å². The van der Waals surface area contributed by atoms with Crippen molar-refractivity contribution in [1.29, 1.82) is 0 Å². The zero-order valence-corrected chi connectivity index (χ0v) is 20.6. The van der Waals surface area contributed by atoms with E-state index in [9.17, 15) is 0 Å². The molecule has 1 aliphatic heterocycles. The molecule has 0 aliphatic carbocycles. The number of fused-ring (bicyclic) bond motifs is 2. The number of rotatable bonds is 5. The third kappa shape index (κ3) is 4.15. The van der Waals surface area contributed by atoms with Crippen LogP contribution in [0.25, 0.3) is 44.5 Å². The number of furan rings is 1. The number of nitrogens with zero attached hydrogens (tertiary/aromatic N) is 2. The summed E-state index contributed by atoms with van der Waals surface area (Å²) in [5.41, 5.74) is 7.40. The number of H-pyrrole nitrogens is 1. The van der Waals surface area contributed by atoms with Crippen LogP contribution in [0.15, 0.2) is 87.2 Å². The number of aliphatic imine (C=N–C) groups is 2. The van der Waals surface area contributed by atoms with Crippen LogP contribution in [-0.4, -0.2) is 43.3 Å². The highest BCUT2D eigenvalue weighted by atomic mass is 16.3. The van der Waals surface area contributed by atoms with Gasteiger partial charge in [-0.2, -0.15) is 0 Å². The Morgan fingerprint density at radius 3 is 2.53 bits per heavy atom. The van der Waals surface area contributed by atoms with Crippen LogP contribution in [0.1, 0.15) is 24.5 Å². The van der Waals surface area contributed by atoms with Gasteiger partial charge in [-0.1, -0.05) is 48.5 Å². The highest BCUT2D eigenvalue weighted by Crippen LogP contribution is 2.31. The summed E-state index contributed by atoms with van der Waals surface area (Å²) in [5.74, 6) is 2.71. The van der Waals surface area contributed by atoms with Crippen molar-refractivity contribution in [2.45, 2.75) is 13.3 Å². The lowest BCUT2D eigenvalue weighted by molar-refractivity contribution is 0.631. The van der Waals surface area contributed by atoms with Gasteiger partial charge in [-0.05, 0) is 43.2 Å². The Morgan fingerprint density at radius 2 is 1.75 bits per heavy atom. The minimum absolute atomic E-state index is 0.824. The Kier molecular flexibility index (Phi) is 5.77. The molecule has 180 valence electrons. The highest BCUT2D eigenvalue weighted by molar-refractivity contribution is 6.03. The molecule has 0 saturated heterocycles. The largest absolute Gasteiger partial charge is 0.456 e. The SMILES string of the molecule is CCNC(=NC)c1ccc2cc(-c3ccc(-c4cc5ccc(C6=NCCCN6)cc5[nH]4)cc3)oc2c1. The Bertz CT molecular complexity index is 1600. The summed E-state index contributed by atoms with van der Waals surface area (Å²) in [6.07, 6.45) is 1.09. The molecule has 6 heteroatoms. The molecule has 0 fully saturated rings. The molecule has 1 aliphatic rings. The summed E-state index contributed by atoms with van der Waals surface area (Å²) < 4.78 is 6.22. The van der Waals surface area contributed by atoms with Crippen molar-refractivity contribution >= 4 is 33.5 Å². The van der Waals surface area contributed by atoms with Crippen molar-refractivity contribution in [3.63, 3.8) is 0 Å². The van der Waals surface area contributed by atoms with Gasteiger partial charge in [0.15, 0.2) is 0 Å². The molecule has 0 saturated carbocycles. The van der Waals surface area contributed by atoms with Crippen LogP contribution >= 0.6 is 0 Å². The summed E-state index contributed by atoms with van der Waals surface area (Å²) >= 11 is 0. The minimum Gasteiger partial charge on any atom is -0.456 e. The molecule has 0 amide bonds. The fraction of sp³-hybridized carbons (Fsp3) is 0.200. The molecule has 36 heavy (non-hydrogen) atoms. The van der Waals surface area contributed by atoms with E-state index in [0.717, 1.165) is 87.9 Å². The number of hydrogen-bond donors (Lipinski definition) is 3. The standard InChI is InChI=1S/C30H29N5O/c1-3-32-29(31-2)24-12-10-22-17-27(36-28(22)18-24)20-7-5-19(6-8-20)25-15-21-9-11-23(16-26(21)35-25)30-33-13-4-14-34-30/h5-12,15-18,35H,3-4,13-14H2,1-2H3,(H,31,32)(H,33,34). The van der Waals surface area contributed by atoms with Crippen LogP contribution in [0.4, 0.5) is 0 Å². The summed E-state index contributed by atoms with van der Waals surface area (Å²) in [7, 11) is 1.80. The maximum Gasteiger partial charge on any atom is 0.135 e. The second kappa shape index (κ2) is 9.38. The molecule has 0 spiro atoms. The molecule has 3 aromatic carbocycles. The van der Waals surface area contributed by atoms with Crippen LogP contribution < -0.4 is 10.6 Å². The van der Waals surface area contributed by atoms with Gasteiger partial charge >= 0.3 is 0 Å². The molecule has 0 radical (unpaired) electrons. The molecular formula is C30H29N5O. The Labute approximate surface area is 210 Å². The lowest BCUT2D eigenvalue weighted by Crippen LogP contribution is -2.30. The molecular weight excluding hydrogens is 446 g/mol. The number of hydrogen-bond acceptors (Lipinski definition) is 4. The van der Waals surface area contributed by atoms with Gasteiger partial charge in [0, 0.05) is 65.4 Å². The van der Waals surface area contributed by atoms with Gasteiger partial charge in [-0.3, -0.25) is 9.98 Å². The number of nitrogens with one attached hydrogen (secondary N) is 3. The molecule has 0 atom stereocenters. The van der Waals surface area contributed by atoms with Crippen molar-refractivity contribution in [3.05, 3.63) is 83.9 Å². The van der Waals surface area contributed by atoms with Gasteiger partial charge in [0.2, 0.25) is 0 Å². The maximum absolute atomic E-state index is 6.22.